The number of anilines is 1. The van der Waals surface area contributed by atoms with Gasteiger partial charge in [-0.05, 0) is 45.4 Å². The number of nitrogens with zero attached hydrogens (tertiary/aromatic N) is 6. The van der Waals surface area contributed by atoms with Crippen LogP contribution in [-0.2, 0) is 6.54 Å². The van der Waals surface area contributed by atoms with Gasteiger partial charge in [-0.1, -0.05) is 5.16 Å². The molecule has 2 aliphatic carbocycles. The van der Waals surface area contributed by atoms with Crippen molar-refractivity contribution in [1.29, 1.82) is 0 Å². The topological polar surface area (TPSA) is 71.2 Å². The molecule has 5 rings (SSSR count). The Balaban J connectivity index is 1.21. The molecule has 138 valence electrons. The lowest BCUT2D eigenvalue weighted by atomic mass is 10.0. The van der Waals surface area contributed by atoms with E-state index >= 15 is 0 Å². The van der Waals surface area contributed by atoms with Gasteiger partial charge in [-0.15, -0.1) is 0 Å². The summed E-state index contributed by atoms with van der Waals surface area (Å²) in [6, 6.07) is 3.36. The third-order valence-corrected chi connectivity index (χ3v) is 5.72. The second-order valence-electron chi connectivity index (χ2n) is 7.99. The van der Waals surface area contributed by atoms with E-state index in [4.69, 9.17) is 4.52 Å². The molecule has 7 heteroatoms. The summed E-state index contributed by atoms with van der Waals surface area (Å²) in [4.78, 5) is 18.4. The lowest BCUT2D eigenvalue weighted by Crippen LogP contribution is -2.46. The Hall–Kier alpha value is -2.02. The molecule has 0 spiro atoms. The molecule has 1 aliphatic heterocycles. The van der Waals surface area contributed by atoms with Gasteiger partial charge in [-0.2, -0.15) is 4.98 Å². The highest BCUT2D eigenvalue weighted by atomic mass is 16.5. The van der Waals surface area contributed by atoms with E-state index in [1.807, 2.05) is 6.92 Å². The SMILES string of the molecule is Cc1cc(N(C2CC2)C2CCN(Cc3noc(C4CC4)n3)CC2)ncn1. The van der Waals surface area contributed by atoms with Crippen LogP contribution in [0, 0.1) is 6.92 Å². The molecular formula is C19H26N6O. The summed E-state index contributed by atoms with van der Waals surface area (Å²) in [6.45, 7) is 5.00. The molecule has 0 radical (unpaired) electrons. The number of hydrogen-bond acceptors (Lipinski definition) is 7. The standard InChI is InChI=1S/C19H26N6O/c1-13-10-18(21-12-20-13)25(15-4-5-15)16-6-8-24(9-7-16)11-17-22-19(26-23-17)14-2-3-14/h10,12,14-16H,2-9,11H2,1H3. The van der Waals surface area contributed by atoms with E-state index < -0.39 is 0 Å². The van der Waals surface area contributed by atoms with Crippen molar-refractivity contribution in [2.75, 3.05) is 18.0 Å². The fourth-order valence-electron chi connectivity index (χ4n) is 3.99. The smallest absolute Gasteiger partial charge is 0.229 e. The third kappa shape index (κ3) is 3.45. The van der Waals surface area contributed by atoms with Gasteiger partial charge in [0.15, 0.2) is 5.82 Å². The van der Waals surface area contributed by atoms with E-state index in [1.165, 1.54) is 25.7 Å². The fourth-order valence-corrected chi connectivity index (χ4v) is 3.99. The summed E-state index contributed by atoms with van der Waals surface area (Å²) >= 11 is 0. The van der Waals surface area contributed by atoms with Crippen LogP contribution in [0.1, 0.15) is 61.9 Å². The van der Waals surface area contributed by atoms with E-state index in [0.717, 1.165) is 55.7 Å². The average molecular weight is 354 g/mol. The first-order valence-electron chi connectivity index (χ1n) is 9.88. The molecule has 3 heterocycles. The molecular weight excluding hydrogens is 328 g/mol. The van der Waals surface area contributed by atoms with Gasteiger partial charge in [-0.25, -0.2) is 9.97 Å². The molecule has 2 aromatic heterocycles. The fraction of sp³-hybridized carbons (Fsp3) is 0.684. The van der Waals surface area contributed by atoms with Crippen molar-refractivity contribution in [3.05, 3.63) is 29.8 Å². The monoisotopic (exact) mass is 354 g/mol. The molecule has 2 saturated carbocycles. The molecule has 0 aromatic carbocycles. The van der Waals surface area contributed by atoms with Gasteiger partial charge in [0.05, 0.1) is 6.54 Å². The highest BCUT2D eigenvalue weighted by Crippen LogP contribution is 2.39. The lowest BCUT2D eigenvalue weighted by molar-refractivity contribution is 0.194. The second-order valence-corrected chi connectivity index (χ2v) is 7.99. The normalized spacial score (nSPS) is 21.9. The zero-order valence-corrected chi connectivity index (χ0v) is 15.3. The Kier molecular flexibility index (Phi) is 4.11. The summed E-state index contributed by atoms with van der Waals surface area (Å²) in [6.07, 6.45) is 8.99. The molecule has 7 nitrogen and oxygen atoms in total. The Labute approximate surface area is 153 Å². The summed E-state index contributed by atoms with van der Waals surface area (Å²) in [5, 5.41) is 4.17. The van der Waals surface area contributed by atoms with Crippen LogP contribution in [0.5, 0.6) is 0 Å². The first-order chi connectivity index (χ1) is 12.8. The van der Waals surface area contributed by atoms with Crippen molar-refractivity contribution in [3.8, 4) is 0 Å². The Bertz CT molecular complexity index is 761. The van der Waals surface area contributed by atoms with Gasteiger partial charge in [0.25, 0.3) is 0 Å². The van der Waals surface area contributed by atoms with Crippen LogP contribution >= 0.6 is 0 Å². The molecule has 3 aliphatic rings. The first-order valence-corrected chi connectivity index (χ1v) is 9.88. The van der Waals surface area contributed by atoms with Gasteiger partial charge >= 0.3 is 0 Å². The van der Waals surface area contributed by atoms with Crippen molar-refractivity contribution < 1.29 is 4.52 Å². The largest absolute Gasteiger partial charge is 0.350 e. The molecule has 0 atom stereocenters. The Morgan fingerprint density at radius 2 is 1.85 bits per heavy atom. The Morgan fingerprint density at radius 1 is 1.08 bits per heavy atom. The maximum Gasteiger partial charge on any atom is 0.229 e. The van der Waals surface area contributed by atoms with Crippen LogP contribution in [0.4, 0.5) is 5.82 Å². The third-order valence-electron chi connectivity index (χ3n) is 5.72. The molecule has 3 fully saturated rings. The number of piperidine rings is 1. The van der Waals surface area contributed by atoms with Crippen molar-refractivity contribution in [2.24, 2.45) is 0 Å². The molecule has 2 aromatic rings. The Morgan fingerprint density at radius 3 is 2.54 bits per heavy atom. The highest BCUT2D eigenvalue weighted by molar-refractivity contribution is 5.43. The van der Waals surface area contributed by atoms with Gasteiger partial charge in [0.2, 0.25) is 5.89 Å². The van der Waals surface area contributed by atoms with Gasteiger partial charge in [0.1, 0.15) is 12.1 Å². The zero-order chi connectivity index (χ0) is 17.5. The van der Waals surface area contributed by atoms with Crippen LogP contribution in [0.3, 0.4) is 0 Å². The predicted molar refractivity (Wildman–Crippen MR) is 96.8 cm³/mol. The number of rotatable bonds is 6. The minimum absolute atomic E-state index is 0.533. The number of hydrogen-bond donors (Lipinski definition) is 0. The number of aryl methyl sites for hydroxylation is 1. The molecule has 0 unspecified atom stereocenters. The van der Waals surface area contributed by atoms with Crippen molar-refractivity contribution in [1.82, 2.24) is 25.0 Å². The van der Waals surface area contributed by atoms with E-state index in [-0.39, 0.29) is 0 Å². The van der Waals surface area contributed by atoms with E-state index in [9.17, 15) is 0 Å². The van der Waals surface area contributed by atoms with E-state index in [2.05, 4.69) is 36.0 Å². The molecule has 0 N–H and O–H groups in total. The van der Waals surface area contributed by atoms with Gasteiger partial charge in [-0.3, -0.25) is 4.90 Å². The van der Waals surface area contributed by atoms with E-state index in [0.29, 0.717) is 18.0 Å². The van der Waals surface area contributed by atoms with Crippen LogP contribution in [0.2, 0.25) is 0 Å². The summed E-state index contributed by atoms with van der Waals surface area (Å²) < 4.78 is 5.39. The zero-order valence-electron chi connectivity index (χ0n) is 15.3. The first kappa shape index (κ1) is 16.2. The second kappa shape index (κ2) is 6.61. The average Bonchev–Trinajstić information content (AvgIpc) is 3.57. The molecule has 26 heavy (non-hydrogen) atoms. The number of aromatic nitrogens is 4. The van der Waals surface area contributed by atoms with Crippen molar-refractivity contribution in [2.45, 2.75) is 70.0 Å². The van der Waals surface area contributed by atoms with Crippen LogP contribution < -0.4 is 4.90 Å². The summed E-state index contributed by atoms with van der Waals surface area (Å²) in [7, 11) is 0. The summed E-state index contributed by atoms with van der Waals surface area (Å²) in [5.74, 6) is 3.32. The van der Waals surface area contributed by atoms with E-state index in [1.54, 1.807) is 6.33 Å². The minimum atomic E-state index is 0.533. The van der Waals surface area contributed by atoms with Crippen molar-refractivity contribution in [3.63, 3.8) is 0 Å². The highest BCUT2D eigenvalue weighted by Gasteiger charge is 2.36. The lowest BCUT2D eigenvalue weighted by Gasteiger charge is -2.39. The van der Waals surface area contributed by atoms with Gasteiger partial charge in [0, 0.05) is 42.9 Å². The minimum Gasteiger partial charge on any atom is -0.350 e. The quantitative estimate of drug-likeness (QED) is 0.790. The molecule has 0 bridgehead atoms. The maximum atomic E-state index is 5.39. The molecule has 1 saturated heterocycles. The maximum absolute atomic E-state index is 5.39. The van der Waals surface area contributed by atoms with Crippen LogP contribution in [-0.4, -0.2) is 50.2 Å². The van der Waals surface area contributed by atoms with Crippen molar-refractivity contribution >= 4 is 5.82 Å². The molecule has 0 amide bonds. The summed E-state index contributed by atoms with van der Waals surface area (Å²) in [5.41, 5.74) is 1.04. The van der Waals surface area contributed by atoms with Gasteiger partial charge < -0.3 is 9.42 Å². The van der Waals surface area contributed by atoms with Crippen LogP contribution in [0.15, 0.2) is 16.9 Å². The predicted octanol–water partition coefficient (Wildman–Crippen LogP) is 2.68. The number of likely N-dealkylation sites (tertiary alicyclic amines) is 1. The van der Waals surface area contributed by atoms with Crippen LogP contribution in [0.25, 0.3) is 0 Å².